The third-order valence-corrected chi connectivity index (χ3v) is 1.68. The fourth-order valence-corrected chi connectivity index (χ4v) is 0.967. The molecule has 64 valence electrons. The number of benzene rings is 1. The van der Waals surface area contributed by atoms with E-state index in [-0.39, 0.29) is 0 Å². The van der Waals surface area contributed by atoms with E-state index in [0.29, 0.717) is 17.3 Å². The minimum atomic E-state index is 0.404. The van der Waals surface area contributed by atoms with Crippen molar-refractivity contribution in [3.05, 3.63) is 41.9 Å². The van der Waals surface area contributed by atoms with Gasteiger partial charge in [0.1, 0.15) is 0 Å². The maximum atomic E-state index is 9.33. The Bertz CT molecular complexity index is 258. The second-order valence-electron chi connectivity index (χ2n) is 2.35. The summed E-state index contributed by atoms with van der Waals surface area (Å²) in [7, 11) is 0. The molecule has 0 spiro atoms. The predicted molar refractivity (Wildman–Crippen MR) is 50.8 cm³/mol. The van der Waals surface area contributed by atoms with Crippen molar-refractivity contribution in [2.24, 2.45) is 0 Å². The molecule has 1 aromatic carbocycles. The fourth-order valence-electron chi connectivity index (χ4n) is 0.841. The average molecular weight is 184 g/mol. The van der Waals surface area contributed by atoms with Gasteiger partial charge in [-0.1, -0.05) is 17.7 Å². The molecule has 0 saturated heterocycles. The summed E-state index contributed by atoms with van der Waals surface area (Å²) in [5, 5.41) is 11.1. The molecule has 0 amide bonds. The van der Waals surface area contributed by atoms with Gasteiger partial charge in [-0.15, -0.1) is 6.58 Å². The highest BCUT2D eigenvalue weighted by atomic mass is 35.5. The Balaban J connectivity index is 2.74. The zero-order valence-electron chi connectivity index (χ0n) is 6.57. The van der Waals surface area contributed by atoms with Gasteiger partial charge < -0.3 is 0 Å². The van der Waals surface area contributed by atoms with Gasteiger partial charge in [-0.2, -0.15) is 0 Å². The van der Waals surface area contributed by atoms with Crippen LogP contribution in [0, 0.1) is 0 Å². The Labute approximate surface area is 76.6 Å². The molecule has 1 N–H and O–H groups in total. The lowest BCUT2D eigenvalue weighted by molar-refractivity contribution is 0.266. The maximum Gasteiger partial charge on any atom is 0.0638 e. The molecule has 0 fully saturated rings. The number of halogens is 1. The second kappa shape index (κ2) is 4.14. The first-order valence-electron chi connectivity index (χ1n) is 3.57. The minimum absolute atomic E-state index is 0.404. The molecule has 0 unspecified atom stereocenters. The van der Waals surface area contributed by atoms with Gasteiger partial charge in [0, 0.05) is 5.02 Å². The maximum absolute atomic E-state index is 9.33. The summed E-state index contributed by atoms with van der Waals surface area (Å²) in [6.45, 7) is 3.92. The summed E-state index contributed by atoms with van der Waals surface area (Å²) >= 11 is 5.67. The summed E-state index contributed by atoms with van der Waals surface area (Å²) in [6, 6.07) is 6.93. The van der Waals surface area contributed by atoms with Gasteiger partial charge in [0.25, 0.3) is 0 Å². The van der Waals surface area contributed by atoms with Crippen LogP contribution in [-0.2, 0) is 0 Å². The molecule has 0 saturated carbocycles. The molecule has 0 atom stereocenters. The van der Waals surface area contributed by atoms with E-state index in [1.807, 2.05) is 0 Å². The number of rotatable bonds is 3. The van der Waals surface area contributed by atoms with Crippen molar-refractivity contribution in [1.29, 1.82) is 0 Å². The van der Waals surface area contributed by atoms with Crippen molar-refractivity contribution in [2.75, 3.05) is 11.6 Å². The normalized spacial score (nSPS) is 9.50. The molecular weight excluding hydrogens is 174 g/mol. The fraction of sp³-hybridized carbons (Fsp3) is 0.111. The van der Waals surface area contributed by atoms with Crippen LogP contribution in [0.15, 0.2) is 36.9 Å². The number of anilines is 1. The lowest BCUT2D eigenvalue weighted by Gasteiger charge is -2.13. The molecular formula is C9H10ClNO. The Morgan fingerprint density at radius 1 is 1.42 bits per heavy atom. The number of hydroxylamine groups is 1. The van der Waals surface area contributed by atoms with Gasteiger partial charge in [-0.25, -0.2) is 0 Å². The van der Waals surface area contributed by atoms with E-state index < -0.39 is 0 Å². The van der Waals surface area contributed by atoms with Crippen LogP contribution in [0.1, 0.15) is 0 Å². The van der Waals surface area contributed by atoms with Crippen LogP contribution in [0.25, 0.3) is 0 Å². The lowest BCUT2D eigenvalue weighted by atomic mass is 10.3. The largest absolute Gasteiger partial charge is 0.288 e. The highest BCUT2D eigenvalue weighted by Gasteiger charge is 1.98. The third-order valence-electron chi connectivity index (χ3n) is 1.43. The SMILES string of the molecule is C=CCN(O)c1ccc(Cl)cc1. The predicted octanol–water partition coefficient (Wildman–Crippen LogP) is 2.72. The summed E-state index contributed by atoms with van der Waals surface area (Å²) < 4.78 is 0. The van der Waals surface area contributed by atoms with Gasteiger partial charge in [0.2, 0.25) is 0 Å². The molecule has 1 aromatic rings. The van der Waals surface area contributed by atoms with Gasteiger partial charge in [-0.05, 0) is 24.3 Å². The lowest BCUT2D eigenvalue weighted by Crippen LogP contribution is -2.17. The Kier molecular flexibility index (Phi) is 3.14. The Hall–Kier alpha value is -0.990. The first-order valence-corrected chi connectivity index (χ1v) is 3.94. The molecule has 0 bridgehead atoms. The van der Waals surface area contributed by atoms with Crippen LogP contribution in [0.3, 0.4) is 0 Å². The van der Waals surface area contributed by atoms with Gasteiger partial charge in [-0.3, -0.25) is 10.3 Å². The Morgan fingerprint density at radius 2 is 2.00 bits per heavy atom. The summed E-state index contributed by atoms with van der Waals surface area (Å²) in [5.74, 6) is 0. The van der Waals surface area contributed by atoms with Crippen molar-refractivity contribution in [1.82, 2.24) is 0 Å². The molecule has 1 rings (SSSR count). The van der Waals surface area contributed by atoms with Crippen LogP contribution >= 0.6 is 11.6 Å². The molecule has 3 heteroatoms. The summed E-state index contributed by atoms with van der Waals surface area (Å²) in [5.41, 5.74) is 0.708. The van der Waals surface area contributed by atoms with Crippen molar-refractivity contribution in [3.63, 3.8) is 0 Å². The summed E-state index contributed by atoms with van der Waals surface area (Å²) in [4.78, 5) is 0. The number of hydrogen-bond donors (Lipinski definition) is 1. The highest BCUT2D eigenvalue weighted by molar-refractivity contribution is 6.30. The van der Waals surface area contributed by atoms with Crippen LogP contribution in [0.5, 0.6) is 0 Å². The smallest absolute Gasteiger partial charge is 0.0638 e. The number of nitrogens with zero attached hydrogens (tertiary/aromatic N) is 1. The first-order chi connectivity index (χ1) is 5.74. The van der Waals surface area contributed by atoms with E-state index in [2.05, 4.69) is 6.58 Å². The number of hydrogen-bond acceptors (Lipinski definition) is 2. The van der Waals surface area contributed by atoms with Gasteiger partial charge in [0.15, 0.2) is 0 Å². The van der Waals surface area contributed by atoms with Crippen LogP contribution in [-0.4, -0.2) is 11.8 Å². The van der Waals surface area contributed by atoms with Crippen molar-refractivity contribution < 1.29 is 5.21 Å². The molecule has 0 heterocycles. The molecule has 0 aliphatic rings. The topological polar surface area (TPSA) is 23.5 Å². The molecule has 12 heavy (non-hydrogen) atoms. The van der Waals surface area contributed by atoms with Gasteiger partial charge in [0.05, 0.1) is 12.2 Å². The average Bonchev–Trinajstić information content (AvgIpc) is 2.06. The monoisotopic (exact) mass is 183 g/mol. The molecule has 0 aliphatic carbocycles. The highest BCUT2D eigenvalue weighted by Crippen LogP contribution is 2.16. The third kappa shape index (κ3) is 2.26. The molecule has 0 aliphatic heterocycles. The van der Waals surface area contributed by atoms with E-state index in [1.165, 1.54) is 0 Å². The molecule has 0 aromatic heterocycles. The van der Waals surface area contributed by atoms with Gasteiger partial charge >= 0.3 is 0 Å². The quantitative estimate of drug-likeness (QED) is 0.576. The van der Waals surface area contributed by atoms with E-state index >= 15 is 0 Å². The first kappa shape index (κ1) is 9.10. The van der Waals surface area contributed by atoms with Crippen molar-refractivity contribution in [3.8, 4) is 0 Å². The summed E-state index contributed by atoms with van der Waals surface area (Å²) in [6.07, 6.45) is 1.62. The van der Waals surface area contributed by atoms with E-state index in [1.54, 1.807) is 30.3 Å². The van der Waals surface area contributed by atoms with Crippen molar-refractivity contribution in [2.45, 2.75) is 0 Å². The standard InChI is InChI=1S/C9H10ClNO/c1-2-7-11(12)9-5-3-8(10)4-6-9/h2-6,12H,1,7H2. The van der Waals surface area contributed by atoms with E-state index in [0.717, 1.165) is 5.06 Å². The second-order valence-corrected chi connectivity index (χ2v) is 2.78. The van der Waals surface area contributed by atoms with E-state index in [9.17, 15) is 5.21 Å². The van der Waals surface area contributed by atoms with E-state index in [4.69, 9.17) is 11.6 Å². The Morgan fingerprint density at radius 3 is 2.50 bits per heavy atom. The van der Waals surface area contributed by atoms with Crippen molar-refractivity contribution >= 4 is 17.3 Å². The minimum Gasteiger partial charge on any atom is -0.288 e. The zero-order valence-corrected chi connectivity index (χ0v) is 7.33. The molecule has 2 nitrogen and oxygen atoms in total. The van der Waals surface area contributed by atoms with Crippen LogP contribution < -0.4 is 5.06 Å². The van der Waals surface area contributed by atoms with Crippen LogP contribution in [0.2, 0.25) is 5.02 Å². The zero-order chi connectivity index (χ0) is 8.97. The van der Waals surface area contributed by atoms with Crippen LogP contribution in [0.4, 0.5) is 5.69 Å². The molecule has 0 radical (unpaired) electrons.